The predicted molar refractivity (Wildman–Crippen MR) is 105 cm³/mol. The number of phenolic OH excluding ortho intramolecular Hbond substituents is 1. The van der Waals surface area contributed by atoms with Crippen molar-refractivity contribution in [1.82, 2.24) is 0 Å². The van der Waals surface area contributed by atoms with E-state index in [0.29, 0.717) is 45.0 Å². The lowest BCUT2D eigenvalue weighted by Gasteiger charge is -2.24. The Bertz CT molecular complexity index is 1110. The molecular weight excluding hydrogens is 381 g/mol. The van der Waals surface area contributed by atoms with E-state index in [2.05, 4.69) is 11.0 Å². The van der Waals surface area contributed by atoms with E-state index in [1.165, 1.54) is 6.07 Å². The minimum Gasteiger partial charge on any atom is -0.507 e. The number of rotatable bonds is 4. The van der Waals surface area contributed by atoms with Crippen LogP contribution in [0.2, 0.25) is 0 Å². The molecule has 3 aromatic rings. The summed E-state index contributed by atoms with van der Waals surface area (Å²) in [4.78, 5) is 13.4. The molecule has 0 radical (unpaired) electrons. The summed E-state index contributed by atoms with van der Waals surface area (Å²) >= 11 is 0.572. The van der Waals surface area contributed by atoms with Crippen molar-refractivity contribution in [2.24, 2.45) is 0 Å². The molecule has 0 atom stereocenters. The number of anilines is 1. The van der Waals surface area contributed by atoms with Gasteiger partial charge in [-0.1, -0.05) is 30.8 Å². The molecule has 3 aromatic carbocycles. The molecule has 0 bridgehead atoms. The number of benzene rings is 3. The Morgan fingerprint density at radius 3 is 2.39 bits per heavy atom. The van der Waals surface area contributed by atoms with Crippen LogP contribution >= 0.6 is 12.0 Å². The Morgan fingerprint density at radius 1 is 1.04 bits per heavy atom. The number of hydrogen-bond acceptors (Lipinski definition) is 6. The molecule has 0 heterocycles. The number of fused-ring (bicyclic) bond motifs is 2. The van der Waals surface area contributed by atoms with Crippen molar-refractivity contribution >= 4 is 29.1 Å². The number of carbonyl (C=O) groups excluding carboxylic acids is 1. The lowest BCUT2D eigenvalue weighted by Crippen LogP contribution is -2.16. The number of nitrogens with two attached hydrogens (primary N) is 1. The zero-order valence-electron chi connectivity index (χ0n) is 14.4. The first-order chi connectivity index (χ1) is 13.5. The van der Waals surface area contributed by atoms with Crippen molar-refractivity contribution in [1.29, 1.82) is 0 Å². The second-order valence-corrected chi connectivity index (χ2v) is 6.89. The highest BCUT2D eigenvalue weighted by atomic mass is 32.2. The molecule has 28 heavy (non-hydrogen) atoms. The lowest BCUT2D eigenvalue weighted by atomic mass is 9.80. The molecule has 0 saturated heterocycles. The summed E-state index contributed by atoms with van der Waals surface area (Å²) in [6, 6.07) is 14.7. The summed E-state index contributed by atoms with van der Waals surface area (Å²) in [5.74, 6) is 0.0494. The second kappa shape index (κ2) is 7.03. The van der Waals surface area contributed by atoms with Crippen LogP contribution in [0.4, 0.5) is 10.2 Å². The molecule has 0 aromatic heterocycles. The van der Waals surface area contributed by atoms with Crippen LogP contribution in [0.15, 0.2) is 66.1 Å². The van der Waals surface area contributed by atoms with Crippen LogP contribution in [0.25, 0.3) is 5.57 Å². The molecule has 5 nitrogen and oxygen atoms in total. The zero-order chi connectivity index (χ0) is 19.8. The highest BCUT2D eigenvalue weighted by Crippen LogP contribution is 2.46. The SMILES string of the molecule is C=C1c2ccccc2C(=O)c2c(O)cc(Oc3ccc(SOF)cc3)c(N)c21. The average molecular weight is 395 g/mol. The Morgan fingerprint density at radius 2 is 1.71 bits per heavy atom. The van der Waals surface area contributed by atoms with E-state index in [-0.39, 0.29) is 28.5 Å². The lowest BCUT2D eigenvalue weighted by molar-refractivity contribution is 0.0231. The maximum Gasteiger partial charge on any atom is 0.198 e. The van der Waals surface area contributed by atoms with Gasteiger partial charge in [0.2, 0.25) is 0 Å². The maximum atomic E-state index is 12.9. The van der Waals surface area contributed by atoms with Crippen LogP contribution in [0.1, 0.15) is 27.0 Å². The van der Waals surface area contributed by atoms with Crippen molar-refractivity contribution in [3.8, 4) is 17.2 Å². The standard InChI is InChI=1S/C21H14FNO4S/c1-11-14-4-2-3-5-15(14)21(25)19-16(24)10-17(20(23)18(11)19)26-12-6-8-13(9-7-12)28-27-22/h2-10,24H,1,23H2. The topological polar surface area (TPSA) is 81.8 Å². The molecule has 1 aliphatic rings. The van der Waals surface area contributed by atoms with Gasteiger partial charge in [0, 0.05) is 22.1 Å². The molecule has 4 rings (SSSR count). The summed E-state index contributed by atoms with van der Waals surface area (Å²) in [5, 5.41) is 10.5. The molecule has 0 saturated carbocycles. The molecule has 0 fully saturated rings. The fourth-order valence-electron chi connectivity index (χ4n) is 3.23. The third-order valence-corrected chi connectivity index (χ3v) is 5.04. The van der Waals surface area contributed by atoms with E-state index in [1.807, 2.05) is 0 Å². The highest BCUT2D eigenvalue weighted by molar-refractivity contribution is 7.94. The number of carbonyl (C=O) groups is 1. The summed E-state index contributed by atoms with van der Waals surface area (Å²) in [6.45, 7) is 4.06. The Kier molecular flexibility index (Phi) is 4.54. The Hall–Kier alpha value is -3.29. The molecule has 0 spiro atoms. The normalized spacial score (nSPS) is 12.5. The van der Waals surface area contributed by atoms with E-state index in [1.54, 1.807) is 48.5 Å². The maximum absolute atomic E-state index is 12.9. The smallest absolute Gasteiger partial charge is 0.198 e. The first kappa shape index (κ1) is 18.1. The van der Waals surface area contributed by atoms with Crippen LogP contribution in [0.3, 0.4) is 0 Å². The number of hydrogen-bond donors (Lipinski definition) is 2. The van der Waals surface area contributed by atoms with Gasteiger partial charge < -0.3 is 15.6 Å². The van der Waals surface area contributed by atoms with Crippen LogP contribution in [0, 0.1) is 0 Å². The van der Waals surface area contributed by atoms with Crippen molar-refractivity contribution < 1.29 is 23.6 Å². The molecule has 0 aliphatic heterocycles. The van der Waals surface area contributed by atoms with Crippen molar-refractivity contribution in [2.75, 3.05) is 5.73 Å². The van der Waals surface area contributed by atoms with Crippen LogP contribution < -0.4 is 10.5 Å². The number of halogens is 1. The number of ether oxygens (including phenoxy) is 1. The molecule has 1 aliphatic carbocycles. The van der Waals surface area contributed by atoms with Gasteiger partial charge in [0.15, 0.2) is 11.5 Å². The second-order valence-electron chi connectivity index (χ2n) is 6.13. The van der Waals surface area contributed by atoms with Gasteiger partial charge in [-0.15, -0.1) is 4.39 Å². The number of nitrogen functional groups attached to an aromatic ring is 1. The summed E-state index contributed by atoms with van der Waals surface area (Å²) in [7, 11) is 0. The van der Waals surface area contributed by atoms with Gasteiger partial charge in [0.1, 0.15) is 11.5 Å². The number of aromatic hydroxyl groups is 1. The Balaban J connectivity index is 1.77. The van der Waals surface area contributed by atoms with Gasteiger partial charge in [-0.2, -0.15) is 0 Å². The average Bonchev–Trinajstić information content (AvgIpc) is 2.70. The van der Waals surface area contributed by atoms with E-state index in [0.717, 1.165) is 0 Å². The van der Waals surface area contributed by atoms with Crippen molar-refractivity contribution in [3.05, 3.63) is 83.4 Å². The predicted octanol–water partition coefficient (Wildman–Crippen LogP) is 5.28. The molecule has 3 N–H and O–H groups in total. The monoisotopic (exact) mass is 395 g/mol. The largest absolute Gasteiger partial charge is 0.507 e. The quantitative estimate of drug-likeness (QED) is 0.278. The van der Waals surface area contributed by atoms with E-state index >= 15 is 0 Å². The minimum atomic E-state index is -0.318. The zero-order valence-corrected chi connectivity index (χ0v) is 15.3. The van der Waals surface area contributed by atoms with Crippen LogP contribution in [-0.4, -0.2) is 10.9 Å². The third kappa shape index (κ3) is 2.90. The Labute approximate surface area is 164 Å². The van der Waals surface area contributed by atoms with Crippen LogP contribution in [-0.2, 0) is 4.39 Å². The molecule has 7 heteroatoms. The molecule has 0 unspecified atom stereocenters. The number of phenols is 1. The third-order valence-electron chi connectivity index (χ3n) is 4.51. The van der Waals surface area contributed by atoms with Gasteiger partial charge in [0.25, 0.3) is 0 Å². The van der Waals surface area contributed by atoms with Gasteiger partial charge in [-0.3, -0.25) is 4.79 Å². The highest BCUT2D eigenvalue weighted by Gasteiger charge is 2.32. The van der Waals surface area contributed by atoms with Gasteiger partial charge in [-0.05, 0) is 39.9 Å². The minimum absolute atomic E-state index is 0.111. The van der Waals surface area contributed by atoms with E-state index < -0.39 is 0 Å². The van der Waals surface area contributed by atoms with Gasteiger partial charge in [-0.25, -0.2) is 0 Å². The van der Waals surface area contributed by atoms with Crippen LogP contribution in [0.5, 0.6) is 17.2 Å². The van der Waals surface area contributed by atoms with Gasteiger partial charge >= 0.3 is 0 Å². The molecule has 0 amide bonds. The molecule has 140 valence electrons. The van der Waals surface area contributed by atoms with Crippen molar-refractivity contribution in [2.45, 2.75) is 4.90 Å². The fraction of sp³-hybridized carbons (Fsp3) is 0. The summed E-state index contributed by atoms with van der Waals surface area (Å²) < 4.78 is 21.2. The summed E-state index contributed by atoms with van der Waals surface area (Å²) in [6.07, 6.45) is 0. The summed E-state index contributed by atoms with van der Waals surface area (Å²) in [5.41, 5.74) is 8.62. The van der Waals surface area contributed by atoms with Crippen molar-refractivity contribution in [3.63, 3.8) is 0 Å². The number of ketones is 1. The van der Waals surface area contributed by atoms with E-state index in [4.69, 9.17) is 10.5 Å². The fourth-order valence-corrected chi connectivity index (χ4v) is 3.55. The first-order valence-corrected chi connectivity index (χ1v) is 8.97. The molecular formula is C21H14FNO4S. The van der Waals surface area contributed by atoms with Gasteiger partial charge in [0.05, 0.1) is 23.3 Å². The van der Waals surface area contributed by atoms with E-state index in [9.17, 15) is 14.4 Å². The first-order valence-electron chi connectivity index (χ1n) is 8.23.